The second-order valence-electron chi connectivity index (χ2n) is 6.63. The molecule has 0 bridgehead atoms. The molecule has 3 N–H and O–H groups in total. The quantitative estimate of drug-likeness (QED) is 0.803. The van der Waals surface area contributed by atoms with Crippen molar-refractivity contribution in [3.63, 3.8) is 0 Å². The first kappa shape index (κ1) is 14.8. The van der Waals surface area contributed by atoms with Crippen molar-refractivity contribution in [1.82, 2.24) is 5.32 Å². The lowest BCUT2D eigenvalue weighted by Gasteiger charge is -2.25. The molecule has 110 valence electrons. The molecular formula is C16H30N2O. The summed E-state index contributed by atoms with van der Waals surface area (Å²) in [6.07, 6.45) is 13.3. The van der Waals surface area contributed by atoms with Crippen LogP contribution < -0.4 is 11.1 Å². The fraction of sp³-hybridized carbons (Fsp3) is 0.938. The summed E-state index contributed by atoms with van der Waals surface area (Å²) in [5.74, 6) is 1.70. The lowest BCUT2D eigenvalue weighted by molar-refractivity contribution is -0.122. The Labute approximate surface area is 117 Å². The van der Waals surface area contributed by atoms with Crippen LogP contribution in [-0.2, 0) is 4.79 Å². The Bertz CT molecular complexity index is 266. The van der Waals surface area contributed by atoms with E-state index < -0.39 is 0 Å². The first-order valence-electron chi connectivity index (χ1n) is 8.26. The number of nitrogens with one attached hydrogen (secondary N) is 1. The van der Waals surface area contributed by atoms with Gasteiger partial charge in [0.05, 0.1) is 0 Å². The molecule has 3 nitrogen and oxygen atoms in total. The van der Waals surface area contributed by atoms with Crippen LogP contribution in [0.3, 0.4) is 0 Å². The summed E-state index contributed by atoms with van der Waals surface area (Å²) in [6, 6.07) is 0.380. The first-order chi connectivity index (χ1) is 9.24. The van der Waals surface area contributed by atoms with Crippen LogP contribution in [0.2, 0.25) is 0 Å². The summed E-state index contributed by atoms with van der Waals surface area (Å²) in [4.78, 5) is 11.9. The van der Waals surface area contributed by atoms with E-state index in [9.17, 15) is 4.79 Å². The van der Waals surface area contributed by atoms with Crippen molar-refractivity contribution < 1.29 is 4.79 Å². The minimum atomic E-state index is 0.260. The van der Waals surface area contributed by atoms with E-state index in [4.69, 9.17) is 5.73 Å². The van der Waals surface area contributed by atoms with Crippen molar-refractivity contribution in [2.45, 2.75) is 76.7 Å². The topological polar surface area (TPSA) is 55.1 Å². The second kappa shape index (κ2) is 7.88. The monoisotopic (exact) mass is 266 g/mol. The van der Waals surface area contributed by atoms with E-state index in [0.29, 0.717) is 12.0 Å². The van der Waals surface area contributed by atoms with E-state index >= 15 is 0 Å². The normalized spacial score (nSPS) is 29.1. The molecule has 3 heteroatoms. The Balaban J connectivity index is 1.54. The third-order valence-corrected chi connectivity index (χ3v) is 4.96. The Morgan fingerprint density at radius 3 is 2.32 bits per heavy atom. The third kappa shape index (κ3) is 5.52. The molecule has 2 aliphatic rings. The average Bonchev–Trinajstić information content (AvgIpc) is 2.43. The third-order valence-electron chi connectivity index (χ3n) is 4.96. The maximum Gasteiger partial charge on any atom is 0.220 e. The highest BCUT2D eigenvalue weighted by Gasteiger charge is 2.21. The predicted octanol–water partition coefficient (Wildman–Crippen LogP) is 2.98. The number of rotatable bonds is 5. The number of hydrogen-bond donors (Lipinski definition) is 2. The van der Waals surface area contributed by atoms with E-state index in [-0.39, 0.29) is 5.91 Å². The molecule has 2 aliphatic carbocycles. The largest absolute Gasteiger partial charge is 0.356 e. The molecule has 2 saturated carbocycles. The summed E-state index contributed by atoms with van der Waals surface area (Å²) in [7, 11) is 0. The molecule has 0 aromatic heterocycles. The van der Waals surface area contributed by atoms with Crippen LogP contribution in [0.25, 0.3) is 0 Å². The Kier molecular flexibility index (Phi) is 6.15. The van der Waals surface area contributed by atoms with Gasteiger partial charge in [-0.25, -0.2) is 0 Å². The van der Waals surface area contributed by atoms with Gasteiger partial charge in [0, 0.05) is 19.0 Å². The van der Waals surface area contributed by atoms with Crippen LogP contribution in [0.5, 0.6) is 0 Å². The molecule has 0 aromatic rings. The first-order valence-corrected chi connectivity index (χ1v) is 8.26. The highest BCUT2D eigenvalue weighted by Crippen LogP contribution is 2.27. The average molecular weight is 266 g/mol. The number of amides is 1. The molecule has 0 aromatic carbocycles. The van der Waals surface area contributed by atoms with Crippen LogP contribution in [-0.4, -0.2) is 18.5 Å². The van der Waals surface area contributed by atoms with Crippen molar-refractivity contribution >= 4 is 5.91 Å². The van der Waals surface area contributed by atoms with Crippen molar-refractivity contribution in [3.8, 4) is 0 Å². The van der Waals surface area contributed by atoms with Crippen LogP contribution >= 0.6 is 0 Å². The van der Waals surface area contributed by atoms with Gasteiger partial charge in [-0.15, -0.1) is 0 Å². The van der Waals surface area contributed by atoms with Gasteiger partial charge in [-0.2, -0.15) is 0 Å². The van der Waals surface area contributed by atoms with E-state index in [2.05, 4.69) is 5.32 Å². The fourth-order valence-electron chi connectivity index (χ4n) is 3.62. The summed E-state index contributed by atoms with van der Waals surface area (Å²) >= 11 is 0. The van der Waals surface area contributed by atoms with Crippen LogP contribution in [0.4, 0.5) is 0 Å². The Morgan fingerprint density at radius 2 is 1.63 bits per heavy atom. The standard InChI is InChI=1S/C16H30N2O/c17-15-8-6-14(7-9-15)12-16(19)18-11-10-13-4-2-1-3-5-13/h13-15H,1-12,17H2,(H,18,19). The second-order valence-corrected chi connectivity index (χ2v) is 6.63. The van der Waals surface area contributed by atoms with E-state index in [1.807, 2.05) is 0 Å². The van der Waals surface area contributed by atoms with Crippen molar-refractivity contribution in [3.05, 3.63) is 0 Å². The van der Waals surface area contributed by atoms with E-state index in [1.54, 1.807) is 0 Å². The molecule has 2 rings (SSSR count). The smallest absolute Gasteiger partial charge is 0.220 e. The molecular weight excluding hydrogens is 236 g/mol. The molecule has 0 heterocycles. The Hall–Kier alpha value is -0.570. The van der Waals surface area contributed by atoms with Crippen LogP contribution in [0.1, 0.15) is 70.6 Å². The molecule has 2 fully saturated rings. The summed E-state index contributed by atoms with van der Waals surface area (Å²) in [5.41, 5.74) is 5.89. The van der Waals surface area contributed by atoms with Gasteiger partial charge >= 0.3 is 0 Å². The van der Waals surface area contributed by atoms with Crippen molar-refractivity contribution in [2.24, 2.45) is 17.6 Å². The number of nitrogens with two attached hydrogens (primary N) is 1. The SMILES string of the molecule is NC1CCC(CC(=O)NCCC2CCCCC2)CC1. The highest BCUT2D eigenvalue weighted by molar-refractivity contribution is 5.76. The number of hydrogen-bond acceptors (Lipinski definition) is 2. The Morgan fingerprint density at radius 1 is 0.947 bits per heavy atom. The zero-order valence-corrected chi connectivity index (χ0v) is 12.2. The van der Waals surface area contributed by atoms with Crippen molar-refractivity contribution in [2.75, 3.05) is 6.54 Å². The number of carbonyl (C=O) groups excluding carboxylic acids is 1. The minimum absolute atomic E-state index is 0.260. The lowest BCUT2D eigenvalue weighted by atomic mass is 9.84. The summed E-state index contributed by atoms with van der Waals surface area (Å²) in [6.45, 7) is 0.885. The van der Waals surface area contributed by atoms with Gasteiger partial charge in [0.25, 0.3) is 0 Å². The molecule has 0 unspecified atom stereocenters. The van der Waals surface area contributed by atoms with Gasteiger partial charge in [0.15, 0.2) is 0 Å². The van der Waals surface area contributed by atoms with Gasteiger partial charge < -0.3 is 11.1 Å². The van der Waals surface area contributed by atoms with E-state index in [0.717, 1.165) is 44.6 Å². The lowest BCUT2D eigenvalue weighted by Crippen LogP contribution is -2.31. The molecule has 0 spiro atoms. The minimum Gasteiger partial charge on any atom is -0.356 e. The van der Waals surface area contributed by atoms with E-state index in [1.165, 1.54) is 38.5 Å². The molecule has 0 atom stereocenters. The zero-order valence-electron chi connectivity index (χ0n) is 12.2. The maximum absolute atomic E-state index is 11.9. The van der Waals surface area contributed by atoms with Gasteiger partial charge in [-0.1, -0.05) is 32.1 Å². The fourth-order valence-corrected chi connectivity index (χ4v) is 3.62. The predicted molar refractivity (Wildman–Crippen MR) is 78.8 cm³/mol. The van der Waals surface area contributed by atoms with Crippen LogP contribution in [0.15, 0.2) is 0 Å². The molecule has 0 saturated heterocycles. The zero-order chi connectivity index (χ0) is 13.5. The van der Waals surface area contributed by atoms with Crippen molar-refractivity contribution in [1.29, 1.82) is 0 Å². The highest BCUT2D eigenvalue weighted by atomic mass is 16.1. The maximum atomic E-state index is 11.9. The van der Waals surface area contributed by atoms with Gasteiger partial charge in [0.2, 0.25) is 5.91 Å². The van der Waals surface area contributed by atoms with Gasteiger partial charge in [-0.3, -0.25) is 4.79 Å². The summed E-state index contributed by atoms with van der Waals surface area (Å²) in [5, 5.41) is 3.12. The molecule has 0 aliphatic heterocycles. The van der Waals surface area contributed by atoms with Gasteiger partial charge in [0.1, 0.15) is 0 Å². The van der Waals surface area contributed by atoms with Crippen LogP contribution in [0, 0.1) is 11.8 Å². The number of carbonyl (C=O) groups is 1. The molecule has 1 amide bonds. The van der Waals surface area contributed by atoms with Gasteiger partial charge in [-0.05, 0) is 43.9 Å². The summed E-state index contributed by atoms with van der Waals surface area (Å²) < 4.78 is 0. The molecule has 19 heavy (non-hydrogen) atoms. The molecule has 0 radical (unpaired) electrons.